The fraction of sp³-hybridized carbons (Fsp3) is 0.375. The summed E-state index contributed by atoms with van der Waals surface area (Å²) in [6, 6.07) is 8.11. The Balaban J connectivity index is 1.59. The Bertz CT molecular complexity index is 659. The highest BCUT2D eigenvalue weighted by molar-refractivity contribution is 9.10. The number of carbonyl (C=O) groups excluding carboxylic acids is 1. The van der Waals surface area contributed by atoms with Gasteiger partial charge in [0.1, 0.15) is 0 Å². The summed E-state index contributed by atoms with van der Waals surface area (Å²) in [6.45, 7) is 2.63. The third-order valence-electron chi connectivity index (χ3n) is 3.80. The van der Waals surface area contributed by atoms with E-state index in [0.29, 0.717) is 5.91 Å². The Labute approximate surface area is 132 Å². The van der Waals surface area contributed by atoms with Crippen LogP contribution in [0.15, 0.2) is 34.9 Å². The Hall–Kier alpha value is -1.62. The Morgan fingerprint density at radius 3 is 3.05 bits per heavy atom. The molecule has 0 saturated carbocycles. The van der Waals surface area contributed by atoms with Gasteiger partial charge in [0, 0.05) is 47.8 Å². The van der Waals surface area contributed by atoms with Crippen LogP contribution in [-0.2, 0) is 4.79 Å². The molecule has 1 saturated heterocycles. The number of halogens is 1. The van der Waals surface area contributed by atoms with E-state index in [9.17, 15) is 4.79 Å². The molecule has 2 aromatic rings. The van der Waals surface area contributed by atoms with Gasteiger partial charge in [0.2, 0.25) is 5.91 Å². The van der Waals surface area contributed by atoms with E-state index in [1.807, 2.05) is 29.3 Å². The number of benzene rings is 1. The smallest absolute Gasteiger partial charge is 0.222 e. The molecule has 4 nitrogen and oxygen atoms in total. The third kappa shape index (κ3) is 3.35. The maximum atomic E-state index is 11.5. The molecule has 0 unspecified atom stereocenters. The molecule has 1 aliphatic heterocycles. The summed E-state index contributed by atoms with van der Waals surface area (Å²) < 4.78 is 1.03. The first-order valence-corrected chi connectivity index (χ1v) is 8.09. The second-order valence-corrected chi connectivity index (χ2v) is 6.20. The van der Waals surface area contributed by atoms with E-state index >= 15 is 0 Å². The zero-order chi connectivity index (χ0) is 14.7. The predicted octanol–water partition coefficient (Wildman–Crippen LogP) is 3.42. The average molecular weight is 348 g/mol. The fourth-order valence-corrected chi connectivity index (χ4v) is 3.06. The maximum absolute atomic E-state index is 11.5. The highest BCUT2D eigenvalue weighted by atomic mass is 79.9. The lowest BCUT2D eigenvalue weighted by atomic mass is 10.2. The minimum atomic E-state index is 0.300. The number of anilines is 1. The summed E-state index contributed by atoms with van der Waals surface area (Å²) >= 11 is 3.47. The summed E-state index contributed by atoms with van der Waals surface area (Å²) in [5.74, 6) is 0.300. The van der Waals surface area contributed by atoms with Crippen molar-refractivity contribution in [1.82, 2.24) is 9.88 Å². The number of fused-ring (bicyclic) bond motifs is 1. The van der Waals surface area contributed by atoms with Crippen molar-refractivity contribution in [1.29, 1.82) is 0 Å². The molecule has 0 spiro atoms. The van der Waals surface area contributed by atoms with Gasteiger partial charge in [-0.3, -0.25) is 9.78 Å². The minimum absolute atomic E-state index is 0.300. The average Bonchev–Trinajstić information content (AvgIpc) is 2.88. The van der Waals surface area contributed by atoms with E-state index in [1.54, 1.807) is 0 Å². The zero-order valence-electron chi connectivity index (χ0n) is 11.8. The molecule has 1 aromatic heterocycles. The van der Waals surface area contributed by atoms with Gasteiger partial charge < -0.3 is 10.2 Å². The van der Waals surface area contributed by atoms with Crippen molar-refractivity contribution in [2.75, 3.05) is 25.0 Å². The largest absolute Gasteiger partial charge is 0.384 e. The van der Waals surface area contributed by atoms with Crippen LogP contribution in [0.5, 0.6) is 0 Å². The number of hydrogen-bond acceptors (Lipinski definition) is 3. The van der Waals surface area contributed by atoms with Gasteiger partial charge in [-0.25, -0.2) is 0 Å². The number of rotatable bonds is 5. The molecular formula is C16H18BrN3O. The van der Waals surface area contributed by atoms with Gasteiger partial charge in [0.25, 0.3) is 0 Å². The van der Waals surface area contributed by atoms with Crippen molar-refractivity contribution >= 4 is 38.4 Å². The van der Waals surface area contributed by atoms with Crippen molar-refractivity contribution in [3.63, 3.8) is 0 Å². The molecule has 2 heterocycles. The normalized spacial score (nSPS) is 14.9. The van der Waals surface area contributed by atoms with Crippen LogP contribution in [0, 0.1) is 0 Å². The summed E-state index contributed by atoms with van der Waals surface area (Å²) in [5, 5.41) is 4.58. The van der Waals surface area contributed by atoms with Gasteiger partial charge in [0.15, 0.2) is 0 Å². The topological polar surface area (TPSA) is 45.2 Å². The Morgan fingerprint density at radius 2 is 2.24 bits per heavy atom. The molecule has 5 heteroatoms. The molecule has 0 aliphatic carbocycles. The number of carbonyl (C=O) groups is 1. The number of pyridine rings is 1. The quantitative estimate of drug-likeness (QED) is 0.842. The van der Waals surface area contributed by atoms with E-state index in [1.165, 1.54) is 0 Å². The number of likely N-dealkylation sites (tertiary alicyclic amines) is 1. The standard InChI is InChI=1S/C16H18BrN3O/c17-12-4-5-13-14(6-8-19-15(13)11-12)18-7-2-10-20-9-1-3-16(20)21/h4-6,8,11H,1-3,7,9-10H2,(H,18,19). The van der Waals surface area contributed by atoms with Crippen LogP contribution >= 0.6 is 15.9 Å². The molecule has 0 radical (unpaired) electrons. The summed E-state index contributed by atoms with van der Waals surface area (Å²) in [6.07, 6.45) is 4.51. The molecule has 1 fully saturated rings. The number of nitrogens with zero attached hydrogens (tertiary/aromatic N) is 2. The van der Waals surface area contributed by atoms with Crippen LogP contribution < -0.4 is 5.32 Å². The highest BCUT2D eigenvalue weighted by Gasteiger charge is 2.18. The monoisotopic (exact) mass is 347 g/mol. The van der Waals surface area contributed by atoms with E-state index in [-0.39, 0.29) is 0 Å². The summed E-state index contributed by atoms with van der Waals surface area (Å²) in [7, 11) is 0. The second-order valence-electron chi connectivity index (χ2n) is 5.28. The molecule has 1 aliphatic rings. The van der Waals surface area contributed by atoms with Crippen molar-refractivity contribution in [3.8, 4) is 0 Å². The highest BCUT2D eigenvalue weighted by Crippen LogP contribution is 2.24. The van der Waals surface area contributed by atoms with Gasteiger partial charge in [-0.2, -0.15) is 0 Å². The van der Waals surface area contributed by atoms with Crippen LogP contribution in [0.2, 0.25) is 0 Å². The fourth-order valence-electron chi connectivity index (χ4n) is 2.71. The van der Waals surface area contributed by atoms with Crippen LogP contribution in [0.3, 0.4) is 0 Å². The first-order valence-electron chi connectivity index (χ1n) is 7.30. The number of amides is 1. The summed E-state index contributed by atoms with van der Waals surface area (Å²) in [4.78, 5) is 17.9. The van der Waals surface area contributed by atoms with Crippen molar-refractivity contribution in [2.45, 2.75) is 19.3 Å². The number of nitrogens with one attached hydrogen (secondary N) is 1. The molecule has 0 atom stereocenters. The van der Waals surface area contributed by atoms with Crippen molar-refractivity contribution in [2.24, 2.45) is 0 Å². The van der Waals surface area contributed by atoms with Gasteiger partial charge in [-0.05, 0) is 37.1 Å². The summed E-state index contributed by atoms with van der Waals surface area (Å²) in [5.41, 5.74) is 2.07. The van der Waals surface area contributed by atoms with Crippen molar-refractivity contribution in [3.05, 3.63) is 34.9 Å². The maximum Gasteiger partial charge on any atom is 0.222 e. The number of aromatic nitrogens is 1. The molecular weight excluding hydrogens is 330 g/mol. The lowest BCUT2D eigenvalue weighted by molar-refractivity contribution is -0.127. The number of hydrogen-bond donors (Lipinski definition) is 1. The minimum Gasteiger partial charge on any atom is -0.384 e. The molecule has 1 amide bonds. The van der Waals surface area contributed by atoms with Gasteiger partial charge in [-0.15, -0.1) is 0 Å². The molecule has 21 heavy (non-hydrogen) atoms. The molecule has 110 valence electrons. The van der Waals surface area contributed by atoms with E-state index in [0.717, 1.165) is 60.0 Å². The van der Waals surface area contributed by atoms with Gasteiger partial charge in [0.05, 0.1) is 5.52 Å². The first kappa shape index (κ1) is 14.3. The SMILES string of the molecule is O=C1CCCN1CCCNc1ccnc2cc(Br)ccc12. The van der Waals surface area contributed by atoms with E-state index < -0.39 is 0 Å². The van der Waals surface area contributed by atoms with Crippen LogP contribution in [0.25, 0.3) is 10.9 Å². The Morgan fingerprint density at radius 1 is 1.33 bits per heavy atom. The second kappa shape index (κ2) is 6.43. The van der Waals surface area contributed by atoms with E-state index in [4.69, 9.17) is 0 Å². The van der Waals surface area contributed by atoms with Crippen LogP contribution in [-0.4, -0.2) is 35.4 Å². The molecule has 0 bridgehead atoms. The van der Waals surface area contributed by atoms with Gasteiger partial charge in [-0.1, -0.05) is 15.9 Å². The van der Waals surface area contributed by atoms with E-state index in [2.05, 4.69) is 32.3 Å². The zero-order valence-corrected chi connectivity index (χ0v) is 13.4. The predicted molar refractivity (Wildman–Crippen MR) is 88.4 cm³/mol. The molecule has 1 aromatic carbocycles. The van der Waals surface area contributed by atoms with Crippen LogP contribution in [0.4, 0.5) is 5.69 Å². The Kier molecular flexibility index (Phi) is 4.39. The lowest BCUT2D eigenvalue weighted by Gasteiger charge is -2.16. The lowest BCUT2D eigenvalue weighted by Crippen LogP contribution is -2.26. The van der Waals surface area contributed by atoms with Crippen molar-refractivity contribution < 1.29 is 4.79 Å². The first-order chi connectivity index (χ1) is 10.2. The third-order valence-corrected chi connectivity index (χ3v) is 4.29. The van der Waals surface area contributed by atoms with Crippen LogP contribution in [0.1, 0.15) is 19.3 Å². The molecule has 1 N–H and O–H groups in total. The van der Waals surface area contributed by atoms with Gasteiger partial charge >= 0.3 is 0 Å². The molecule has 3 rings (SSSR count).